The molecule has 0 saturated heterocycles. The summed E-state index contributed by atoms with van der Waals surface area (Å²) in [6, 6.07) is 12.5. The van der Waals surface area contributed by atoms with Gasteiger partial charge in [-0.15, -0.1) is 0 Å². The molecule has 0 heterocycles. The van der Waals surface area contributed by atoms with Crippen molar-refractivity contribution in [2.24, 2.45) is 0 Å². The largest absolute Gasteiger partial charge is 0.491 e. The van der Waals surface area contributed by atoms with Gasteiger partial charge < -0.3 is 20.1 Å². The second-order valence-electron chi connectivity index (χ2n) is 5.91. The lowest BCUT2D eigenvalue weighted by atomic mass is 10.1. The maximum Gasteiger partial charge on any atom is 0.272 e. The van der Waals surface area contributed by atoms with Crippen molar-refractivity contribution in [1.82, 2.24) is 5.32 Å². The van der Waals surface area contributed by atoms with E-state index < -0.39 is 16.7 Å². The highest BCUT2D eigenvalue weighted by molar-refractivity contribution is 6.08. The van der Waals surface area contributed by atoms with Gasteiger partial charge in [0.1, 0.15) is 18.1 Å². The summed E-state index contributed by atoms with van der Waals surface area (Å²) in [6.45, 7) is 2.05. The number of anilines is 1. The maximum atomic E-state index is 12.7. The number of ether oxygens (including phenoxy) is 2. The van der Waals surface area contributed by atoms with Crippen molar-refractivity contribution >= 4 is 29.3 Å². The lowest BCUT2D eigenvalue weighted by Gasteiger charge is -2.11. The normalized spacial score (nSPS) is 10.9. The molecule has 0 aliphatic rings. The quantitative estimate of drug-likeness (QED) is 0.290. The first-order valence-corrected chi connectivity index (χ1v) is 8.66. The molecule has 2 amide bonds. The molecule has 9 heteroatoms. The number of hydrogen-bond acceptors (Lipinski definition) is 6. The van der Waals surface area contributed by atoms with Gasteiger partial charge in [0.15, 0.2) is 0 Å². The van der Waals surface area contributed by atoms with E-state index in [2.05, 4.69) is 10.6 Å². The zero-order chi connectivity index (χ0) is 21.2. The first-order chi connectivity index (χ1) is 13.9. The van der Waals surface area contributed by atoms with Gasteiger partial charge in [0, 0.05) is 37.9 Å². The monoisotopic (exact) mass is 399 g/mol. The lowest BCUT2D eigenvalue weighted by Crippen LogP contribution is -2.28. The van der Waals surface area contributed by atoms with Gasteiger partial charge in [-0.3, -0.25) is 19.7 Å². The summed E-state index contributed by atoms with van der Waals surface area (Å²) in [7, 11) is 1.57. The van der Waals surface area contributed by atoms with E-state index in [0.717, 1.165) is 0 Å². The van der Waals surface area contributed by atoms with Crippen LogP contribution < -0.4 is 15.4 Å². The van der Waals surface area contributed by atoms with Crippen molar-refractivity contribution in [2.75, 3.05) is 25.6 Å². The van der Waals surface area contributed by atoms with Gasteiger partial charge in [-0.1, -0.05) is 18.2 Å². The topological polar surface area (TPSA) is 120 Å². The van der Waals surface area contributed by atoms with Gasteiger partial charge in [0.2, 0.25) is 5.91 Å². The van der Waals surface area contributed by atoms with Crippen molar-refractivity contribution in [1.29, 1.82) is 0 Å². The minimum atomic E-state index is -0.583. The van der Waals surface area contributed by atoms with E-state index in [1.165, 1.54) is 31.2 Å². The molecule has 0 aromatic heterocycles. The average molecular weight is 399 g/mol. The molecule has 2 aromatic rings. The number of rotatable bonds is 9. The summed E-state index contributed by atoms with van der Waals surface area (Å²) in [6.07, 6.45) is 1.36. The number of carbonyl (C=O) groups excluding carboxylic acids is 2. The highest BCUT2D eigenvalue weighted by atomic mass is 16.6. The number of hydrogen-bond donors (Lipinski definition) is 2. The van der Waals surface area contributed by atoms with Crippen LogP contribution in [0.3, 0.4) is 0 Å². The van der Waals surface area contributed by atoms with E-state index in [1.807, 2.05) is 0 Å². The molecule has 152 valence electrons. The number of carbonyl (C=O) groups is 2. The first kappa shape index (κ1) is 21.6. The van der Waals surface area contributed by atoms with Crippen molar-refractivity contribution in [3.8, 4) is 5.75 Å². The maximum absolute atomic E-state index is 12.7. The van der Waals surface area contributed by atoms with Crippen LogP contribution in [0.1, 0.15) is 12.5 Å². The number of nitrogens with zero attached hydrogens (tertiary/aromatic N) is 1. The van der Waals surface area contributed by atoms with Gasteiger partial charge >= 0.3 is 0 Å². The second-order valence-corrected chi connectivity index (χ2v) is 5.91. The highest BCUT2D eigenvalue weighted by Gasteiger charge is 2.13. The SMILES string of the molecule is COCCOc1cccc(NC(=O)/C(=C/c2cccc([N+](=O)[O-])c2)NC(C)=O)c1. The average Bonchev–Trinajstić information content (AvgIpc) is 2.68. The Kier molecular flexibility index (Phi) is 7.87. The number of nitro benzene ring substituents is 1. The zero-order valence-corrected chi connectivity index (χ0v) is 16.0. The van der Waals surface area contributed by atoms with Crippen LogP contribution in [0.15, 0.2) is 54.2 Å². The fourth-order valence-electron chi connectivity index (χ4n) is 2.35. The molecular formula is C20H21N3O6. The molecule has 2 rings (SSSR count). The molecule has 29 heavy (non-hydrogen) atoms. The number of amides is 2. The Morgan fingerprint density at radius 2 is 1.90 bits per heavy atom. The summed E-state index contributed by atoms with van der Waals surface area (Å²) < 4.78 is 10.4. The van der Waals surface area contributed by atoms with Crippen molar-refractivity contribution < 1.29 is 24.0 Å². The fraction of sp³-hybridized carbons (Fsp3) is 0.200. The molecule has 0 radical (unpaired) electrons. The summed E-state index contributed by atoms with van der Waals surface area (Å²) in [5.74, 6) is -0.488. The van der Waals surface area contributed by atoms with Crippen LogP contribution in [0.2, 0.25) is 0 Å². The Balaban J connectivity index is 2.21. The molecule has 0 saturated carbocycles. The predicted octanol–water partition coefficient (Wildman–Crippen LogP) is 2.74. The molecule has 0 fully saturated rings. The molecule has 0 atom stereocenters. The molecule has 2 aromatic carbocycles. The van der Waals surface area contributed by atoms with Crippen LogP contribution in [-0.4, -0.2) is 37.1 Å². The fourth-order valence-corrected chi connectivity index (χ4v) is 2.35. The molecule has 0 aliphatic carbocycles. The van der Waals surface area contributed by atoms with Crippen LogP contribution >= 0.6 is 0 Å². The van der Waals surface area contributed by atoms with Gasteiger partial charge in [0.25, 0.3) is 11.6 Å². The van der Waals surface area contributed by atoms with Gasteiger partial charge in [0.05, 0.1) is 11.5 Å². The summed E-state index contributed by atoms with van der Waals surface area (Å²) in [4.78, 5) is 34.6. The van der Waals surface area contributed by atoms with Crippen molar-refractivity contribution in [3.63, 3.8) is 0 Å². The Morgan fingerprint density at radius 1 is 1.14 bits per heavy atom. The van der Waals surface area contributed by atoms with Gasteiger partial charge in [-0.25, -0.2) is 0 Å². The van der Waals surface area contributed by atoms with Crippen LogP contribution in [0.5, 0.6) is 5.75 Å². The number of methoxy groups -OCH3 is 1. The minimum Gasteiger partial charge on any atom is -0.491 e. The highest BCUT2D eigenvalue weighted by Crippen LogP contribution is 2.19. The Bertz CT molecular complexity index is 926. The number of benzene rings is 2. The number of nitro groups is 1. The first-order valence-electron chi connectivity index (χ1n) is 8.66. The number of nitrogens with one attached hydrogen (secondary N) is 2. The third kappa shape index (κ3) is 7.07. The van der Waals surface area contributed by atoms with Gasteiger partial charge in [-0.05, 0) is 23.8 Å². The smallest absolute Gasteiger partial charge is 0.272 e. The van der Waals surface area contributed by atoms with Crippen LogP contribution in [-0.2, 0) is 14.3 Å². The van der Waals surface area contributed by atoms with E-state index >= 15 is 0 Å². The Hall–Kier alpha value is -3.72. The summed E-state index contributed by atoms with van der Waals surface area (Å²) >= 11 is 0. The summed E-state index contributed by atoms with van der Waals surface area (Å²) in [5, 5.41) is 16.0. The van der Waals surface area contributed by atoms with E-state index in [1.54, 1.807) is 37.4 Å². The lowest BCUT2D eigenvalue weighted by molar-refractivity contribution is -0.384. The molecule has 0 unspecified atom stereocenters. The third-order valence-corrected chi connectivity index (χ3v) is 3.60. The Labute approximate surface area is 167 Å². The second kappa shape index (κ2) is 10.6. The van der Waals surface area contributed by atoms with E-state index in [0.29, 0.717) is 30.2 Å². The number of non-ortho nitro benzene ring substituents is 1. The van der Waals surface area contributed by atoms with Crippen LogP contribution in [0, 0.1) is 10.1 Å². The van der Waals surface area contributed by atoms with E-state index in [-0.39, 0.29) is 11.4 Å². The molecule has 0 aliphatic heterocycles. The van der Waals surface area contributed by atoms with Crippen molar-refractivity contribution in [2.45, 2.75) is 6.92 Å². The van der Waals surface area contributed by atoms with E-state index in [9.17, 15) is 19.7 Å². The van der Waals surface area contributed by atoms with Crippen LogP contribution in [0.25, 0.3) is 6.08 Å². The standard InChI is InChI=1S/C20H21N3O6/c1-14(24)21-19(12-15-5-3-7-17(11-15)23(26)27)20(25)22-16-6-4-8-18(13-16)29-10-9-28-2/h3-8,11-13H,9-10H2,1-2H3,(H,21,24)(H,22,25)/b19-12-. The minimum absolute atomic E-state index is 0.0521. The third-order valence-electron chi connectivity index (χ3n) is 3.60. The van der Waals surface area contributed by atoms with Crippen molar-refractivity contribution in [3.05, 3.63) is 69.9 Å². The summed E-state index contributed by atoms with van der Waals surface area (Å²) in [5.41, 5.74) is 0.681. The van der Waals surface area contributed by atoms with Gasteiger partial charge in [-0.2, -0.15) is 0 Å². The molecular weight excluding hydrogens is 378 g/mol. The molecule has 9 nitrogen and oxygen atoms in total. The van der Waals surface area contributed by atoms with E-state index in [4.69, 9.17) is 9.47 Å². The Morgan fingerprint density at radius 3 is 2.59 bits per heavy atom. The molecule has 0 spiro atoms. The zero-order valence-electron chi connectivity index (χ0n) is 16.0. The molecule has 2 N–H and O–H groups in total. The van der Waals surface area contributed by atoms with Crippen LogP contribution in [0.4, 0.5) is 11.4 Å². The molecule has 0 bridgehead atoms. The predicted molar refractivity (Wildman–Crippen MR) is 107 cm³/mol.